The molecule has 1 aromatic rings. The maximum Gasteiger partial charge on any atom is 0.133 e. The highest BCUT2D eigenvalue weighted by molar-refractivity contribution is 5.80. The van der Waals surface area contributed by atoms with Gasteiger partial charge < -0.3 is 10.2 Å². The lowest BCUT2D eigenvalue weighted by Crippen LogP contribution is -2.34. The number of nitrogens with zero attached hydrogens (tertiary/aromatic N) is 3. The first-order valence-electron chi connectivity index (χ1n) is 14.4. The summed E-state index contributed by atoms with van der Waals surface area (Å²) in [5, 5.41) is 3.58. The van der Waals surface area contributed by atoms with Gasteiger partial charge in [-0.3, -0.25) is 4.98 Å². The Bertz CT molecular complexity index is 980. The van der Waals surface area contributed by atoms with Crippen LogP contribution in [0.25, 0.3) is 0 Å². The van der Waals surface area contributed by atoms with Crippen LogP contribution in [0.5, 0.6) is 0 Å². The first kappa shape index (κ1) is 30.9. The predicted octanol–water partition coefficient (Wildman–Crippen LogP) is 8.36. The molecule has 0 radical (unpaired) electrons. The monoisotopic (exact) mass is 506 g/mol. The number of rotatable bonds is 12. The minimum Gasteiger partial charge on any atom is -0.385 e. The molecule has 1 N–H and O–H groups in total. The third kappa shape index (κ3) is 9.79. The van der Waals surface area contributed by atoms with E-state index < -0.39 is 0 Å². The van der Waals surface area contributed by atoms with Gasteiger partial charge in [-0.25, -0.2) is 4.99 Å². The van der Waals surface area contributed by atoms with Gasteiger partial charge in [0.25, 0.3) is 0 Å². The molecule has 0 unspecified atom stereocenters. The summed E-state index contributed by atoms with van der Waals surface area (Å²) < 4.78 is 0. The van der Waals surface area contributed by atoms with Crippen LogP contribution in [0.1, 0.15) is 110 Å². The highest BCUT2D eigenvalue weighted by atomic mass is 15.2. The Morgan fingerprint density at radius 2 is 1.81 bits per heavy atom. The molecule has 0 saturated carbocycles. The Balaban J connectivity index is 2.07. The van der Waals surface area contributed by atoms with Crippen molar-refractivity contribution in [1.29, 1.82) is 0 Å². The van der Waals surface area contributed by atoms with Crippen LogP contribution in [0.4, 0.5) is 0 Å². The smallest absolute Gasteiger partial charge is 0.133 e. The van der Waals surface area contributed by atoms with Gasteiger partial charge in [-0.2, -0.15) is 0 Å². The largest absolute Gasteiger partial charge is 0.385 e. The number of hydrogen-bond donors (Lipinski definition) is 1. The quantitative estimate of drug-likeness (QED) is 0.176. The summed E-state index contributed by atoms with van der Waals surface area (Å²) in [5.74, 6) is 1.96. The molecule has 1 fully saturated rings. The van der Waals surface area contributed by atoms with Gasteiger partial charge in [0, 0.05) is 53.9 Å². The number of pyridine rings is 1. The molecule has 1 aliphatic heterocycles. The average molecular weight is 507 g/mol. The summed E-state index contributed by atoms with van der Waals surface area (Å²) in [6, 6.07) is 4.59. The van der Waals surface area contributed by atoms with Crippen molar-refractivity contribution in [3.8, 4) is 0 Å². The zero-order valence-corrected chi connectivity index (χ0v) is 25.4. The topological polar surface area (TPSA) is 40.5 Å². The zero-order valence-electron chi connectivity index (χ0n) is 25.4. The predicted molar refractivity (Wildman–Crippen MR) is 162 cm³/mol. The summed E-state index contributed by atoms with van der Waals surface area (Å²) >= 11 is 0. The van der Waals surface area contributed by atoms with E-state index in [2.05, 4.69) is 97.8 Å². The van der Waals surface area contributed by atoms with E-state index in [9.17, 15) is 0 Å². The molecule has 2 heterocycles. The number of aromatic nitrogens is 1. The number of allylic oxidation sites excluding steroid dienone is 1. The summed E-state index contributed by atoms with van der Waals surface area (Å²) in [6.45, 7) is 31.3. The number of hydrogen-bond acceptors (Lipinski definition) is 4. The Hall–Kier alpha value is -2.36. The highest BCUT2D eigenvalue weighted by Crippen LogP contribution is 2.31. The van der Waals surface area contributed by atoms with Gasteiger partial charge in [0.05, 0.1) is 0 Å². The van der Waals surface area contributed by atoms with Crippen molar-refractivity contribution in [2.24, 2.45) is 16.3 Å². The molecule has 37 heavy (non-hydrogen) atoms. The van der Waals surface area contributed by atoms with Crippen LogP contribution in [-0.2, 0) is 6.42 Å². The van der Waals surface area contributed by atoms with Crippen molar-refractivity contribution in [1.82, 2.24) is 15.2 Å². The number of nitrogens with one attached hydrogen (secondary N) is 1. The van der Waals surface area contributed by atoms with Crippen molar-refractivity contribution < 1.29 is 0 Å². The van der Waals surface area contributed by atoms with Crippen LogP contribution in [0, 0.1) is 18.3 Å². The summed E-state index contributed by atoms with van der Waals surface area (Å²) in [7, 11) is 0. The van der Waals surface area contributed by atoms with E-state index in [-0.39, 0.29) is 5.41 Å². The van der Waals surface area contributed by atoms with E-state index in [1.807, 2.05) is 0 Å². The number of unbranched alkanes of at least 4 members (excludes halogenated alkanes) is 1. The van der Waals surface area contributed by atoms with Crippen molar-refractivity contribution >= 4 is 5.71 Å². The van der Waals surface area contributed by atoms with Crippen molar-refractivity contribution in [3.05, 3.63) is 64.9 Å². The van der Waals surface area contributed by atoms with E-state index in [0.29, 0.717) is 11.8 Å². The van der Waals surface area contributed by atoms with Crippen LogP contribution in [0.15, 0.2) is 52.9 Å². The average Bonchev–Trinajstić information content (AvgIpc) is 2.83. The van der Waals surface area contributed by atoms with Gasteiger partial charge in [-0.15, -0.1) is 0 Å². The SMILES string of the molecule is C=C(NC[C@H](C)C(=C)CC(C)(C)C)/C(C)=C(\N=C(C)C)N1CCC(c2ccc(CCCC)c(C)n2)CC1. The Morgan fingerprint density at radius 3 is 2.35 bits per heavy atom. The van der Waals surface area contributed by atoms with Crippen LogP contribution in [0.2, 0.25) is 0 Å². The van der Waals surface area contributed by atoms with E-state index in [0.717, 1.165) is 68.1 Å². The molecule has 4 heteroatoms. The molecule has 1 atom stereocenters. The summed E-state index contributed by atoms with van der Waals surface area (Å²) in [6.07, 6.45) is 6.82. The number of aryl methyl sites for hydroxylation is 2. The Morgan fingerprint density at radius 1 is 1.16 bits per heavy atom. The maximum atomic E-state index is 5.02. The third-order valence-electron chi connectivity index (χ3n) is 7.42. The molecule has 1 aromatic heterocycles. The second kappa shape index (κ2) is 14.0. The molecule has 2 rings (SSSR count). The molecule has 1 saturated heterocycles. The van der Waals surface area contributed by atoms with Crippen molar-refractivity contribution in [2.75, 3.05) is 19.6 Å². The fraction of sp³-hybridized carbons (Fsp3) is 0.636. The standard InChI is InChI=1S/C33H54N4/c1-12-13-14-29-15-16-31(36-28(29)8)30-17-19-37(20-18-30)32(35-23(2)3)26(6)27(7)34-22-25(5)24(4)21-33(9,10)11/h15-16,25,30,34H,4,7,12-14,17-22H2,1-3,5-6,8-11H3/b32-26+/t25-/m0/s1. The second-order valence-electron chi connectivity index (χ2n) is 12.5. The molecule has 4 nitrogen and oxygen atoms in total. The summed E-state index contributed by atoms with van der Waals surface area (Å²) in [5.41, 5.74) is 8.57. The van der Waals surface area contributed by atoms with Gasteiger partial charge in [0.15, 0.2) is 0 Å². The minimum absolute atomic E-state index is 0.260. The molecule has 0 aromatic carbocycles. The Labute approximate surface area is 228 Å². The van der Waals surface area contributed by atoms with Crippen LogP contribution >= 0.6 is 0 Å². The number of likely N-dealkylation sites (tertiary alicyclic amines) is 1. The molecule has 1 aliphatic rings. The van der Waals surface area contributed by atoms with E-state index in [1.165, 1.54) is 35.4 Å². The van der Waals surface area contributed by atoms with E-state index in [4.69, 9.17) is 9.98 Å². The maximum absolute atomic E-state index is 5.02. The lowest BCUT2D eigenvalue weighted by Gasteiger charge is -2.35. The molecule has 0 bridgehead atoms. The summed E-state index contributed by atoms with van der Waals surface area (Å²) in [4.78, 5) is 12.4. The lowest BCUT2D eigenvalue weighted by molar-refractivity contribution is 0.257. The number of aliphatic imine (C=N–C) groups is 1. The van der Waals surface area contributed by atoms with Gasteiger partial charge in [0.1, 0.15) is 5.82 Å². The number of piperidine rings is 1. The first-order chi connectivity index (χ1) is 17.3. The van der Waals surface area contributed by atoms with Crippen LogP contribution in [-0.4, -0.2) is 35.2 Å². The molecule has 206 valence electrons. The molecular weight excluding hydrogens is 452 g/mol. The van der Waals surface area contributed by atoms with Crippen molar-refractivity contribution in [3.63, 3.8) is 0 Å². The highest BCUT2D eigenvalue weighted by Gasteiger charge is 2.25. The fourth-order valence-electron chi connectivity index (χ4n) is 5.00. The molecule has 0 aliphatic carbocycles. The van der Waals surface area contributed by atoms with Gasteiger partial charge in [-0.05, 0) is 82.8 Å². The minimum atomic E-state index is 0.260. The molecule has 0 amide bonds. The first-order valence-corrected chi connectivity index (χ1v) is 14.4. The van der Waals surface area contributed by atoms with E-state index >= 15 is 0 Å². The van der Waals surface area contributed by atoms with Gasteiger partial charge >= 0.3 is 0 Å². The van der Waals surface area contributed by atoms with Gasteiger partial charge in [-0.1, -0.05) is 65.8 Å². The zero-order chi connectivity index (χ0) is 27.8. The van der Waals surface area contributed by atoms with Crippen molar-refractivity contribution in [2.45, 2.75) is 107 Å². The van der Waals surface area contributed by atoms with Crippen LogP contribution < -0.4 is 5.32 Å². The normalized spacial score (nSPS) is 16.2. The van der Waals surface area contributed by atoms with Crippen LogP contribution in [0.3, 0.4) is 0 Å². The van der Waals surface area contributed by atoms with Gasteiger partial charge in [0.2, 0.25) is 0 Å². The lowest BCUT2D eigenvalue weighted by atomic mass is 9.84. The Kier molecular flexibility index (Phi) is 11.7. The molecular formula is C33H54N4. The molecule has 0 spiro atoms. The van der Waals surface area contributed by atoms with E-state index in [1.54, 1.807) is 0 Å². The fourth-order valence-corrected chi connectivity index (χ4v) is 5.00. The third-order valence-corrected chi connectivity index (χ3v) is 7.42. The second-order valence-corrected chi connectivity index (χ2v) is 12.5.